The molecule has 0 aromatic heterocycles. The average Bonchev–Trinajstić information content (AvgIpc) is 3.11. The van der Waals surface area contributed by atoms with Crippen molar-refractivity contribution in [2.75, 3.05) is 0 Å². The first-order valence-corrected chi connectivity index (χ1v) is 7.10. The molecule has 0 radical (unpaired) electrons. The second kappa shape index (κ2) is 3.46. The highest BCUT2D eigenvalue weighted by Crippen LogP contribution is 2.48. The molecule has 7 unspecified atom stereocenters. The average molecular weight is 222 g/mol. The van der Waals surface area contributed by atoms with Crippen LogP contribution in [0.25, 0.3) is 0 Å². The molecule has 4 aliphatic rings. The number of ether oxygens (including phenoxy) is 2. The third-order valence-electron chi connectivity index (χ3n) is 5.38. The molecule has 0 aromatic rings. The van der Waals surface area contributed by atoms with Crippen LogP contribution in [0, 0.1) is 17.8 Å². The van der Waals surface area contributed by atoms with E-state index >= 15 is 0 Å². The van der Waals surface area contributed by atoms with Crippen LogP contribution in [0.2, 0.25) is 0 Å². The van der Waals surface area contributed by atoms with Gasteiger partial charge in [-0.25, -0.2) is 0 Å². The monoisotopic (exact) mass is 222 g/mol. The van der Waals surface area contributed by atoms with Gasteiger partial charge in [-0.3, -0.25) is 0 Å². The van der Waals surface area contributed by atoms with Gasteiger partial charge in [0.2, 0.25) is 0 Å². The van der Waals surface area contributed by atoms with Gasteiger partial charge in [-0.1, -0.05) is 6.92 Å². The summed E-state index contributed by atoms with van der Waals surface area (Å²) < 4.78 is 11.3. The highest BCUT2D eigenvalue weighted by atomic mass is 16.6. The smallest absolute Gasteiger partial charge is 0.0844 e. The summed E-state index contributed by atoms with van der Waals surface area (Å²) in [6.07, 6.45) is 10.8. The summed E-state index contributed by atoms with van der Waals surface area (Å²) in [6.45, 7) is 2.43. The van der Waals surface area contributed by atoms with Gasteiger partial charge in [-0.2, -0.15) is 0 Å². The van der Waals surface area contributed by atoms with Gasteiger partial charge in [0.05, 0.1) is 24.4 Å². The fraction of sp³-hybridized carbons (Fsp3) is 1.00. The van der Waals surface area contributed by atoms with Gasteiger partial charge in [0.15, 0.2) is 0 Å². The molecule has 2 saturated heterocycles. The van der Waals surface area contributed by atoms with E-state index in [1.54, 1.807) is 0 Å². The van der Waals surface area contributed by atoms with E-state index in [-0.39, 0.29) is 0 Å². The zero-order valence-electron chi connectivity index (χ0n) is 10.1. The molecule has 2 saturated carbocycles. The number of epoxide rings is 2. The second-order valence-corrected chi connectivity index (χ2v) is 6.55. The molecular formula is C14H22O2. The summed E-state index contributed by atoms with van der Waals surface area (Å²) in [5.41, 5.74) is 0. The first kappa shape index (κ1) is 9.90. The molecule has 0 N–H and O–H groups in total. The second-order valence-electron chi connectivity index (χ2n) is 6.55. The zero-order valence-corrected chi connectivity index (χ0v) is 10.1. The Morgan fingerprint density at radius 3 is 2.50 bits per heavy atom. The van der Waals surface area contributed by atoms with Crippen molar-refractivity contribution in [2.24, 2.45) is 17.8 Å². The lowest BCUT2D eigenvalue weighted by Gasteiger charge is -2.30. The minimum Gasteiger partial charge on any atom is -0.370 e. The van der Waals surface area contributed by atoms with Crippen LogP contribution in [-0.2, 0) is 9.47 Å². The molecule has 16 heavy (non-hydrogen) atoms. The van der Waals surface area contributed by atoms with Gasteiger partial charge >= 0.3 is 0 Å². The molecule has 7 atom stereocenters. The van der Waals surface area contributed by atoms with Crippen LogP contribution in [0.1, 0.15) is 45.4 Å². The molecule has 4 fully saturated rings. The summed E-state index contributed by atoms with van der Waals surface area (Å²) in [5.74, 6) is 2.78. The molecule has 0 bridgehead atoms. The molecule has 2 aliphatic heterocycles. The summed E-state index contributed by atoms with van der Waals surface area (Å²) in [4.78, 5) is 0. The van der Waals surface area contributed by atoms with E-state index in [1.807, 2.05) is 0 Å². The van der Waals surface area contributed by atoms with Gasteiger partial charge in [0.1, 0.15) is 0 Å². The first-order valence-electron chi connectivity index (χ1n) is 7.10. The van der Waals surface area contributed by atoms with E-state index < -0.39 is 0 Å². The number of hydrogen-bond acceptors (Lipinski definition) is 2. The van der Waals surface area contributed by atoms with Crippen LogP contribution in [0.15, 0.2) is 0 Å². The standard InChI is InChI=1S/C14H22O2/c1-8-4-12-14(16-12)7-10(8)5-9-2-3-11-13(6-9)15-11/h8-14H,2-7H2,1H3. The summed E-state index contributed by atoms with van der Waals surface area (Å²) >= 11 is 0. The van der Waals surface area contributed by atoms with Crippen LogP contribution < -0.4 is 0 Å². The Morgan fingerprint density at radius 1 is 0.875 bits per heavy atom. The quantitative estimate of drug-likeness (QED) is 0.671. The molecular weight excluding hydrogens is 200 g/mol. The van der Waals surface area contributed by atoms with E-state index in [1.165, 1.54) is 38.5 Å². The lowest BCUT2D eigenvalue weighted by atomic mass is 9.73. The Bertz CT molecular complexity index is 290. The van der Waals surface area contributed by atoms with Crippen LogP contribution >= 0.6 is 0 Å². The highest BCUT2D eigenvalue weighted by molar-refractivity contribution is 4.97. The van der Waals surface area contributed by atoms with Crippen molar-refractivity contribution in [3.05, 3.63) is 0 Å². The first-order chi connectivity index (χ1) is 7.79. The molecule has 2 heteroatoms. The Kier molecular flexibility index (Phi) is 2.14. The summed E-state index contributed by atoms with van der Waals surface area (Å²) in [6, 6.07) is 0. The van der Waals surface area contributed by atoms with Crippen molar-refractivity contribution in [2.45, 2.75) is 69.9 Å². The molecule has 90 valence electrons. The summed E-state index contributed by atoms with van der Waals surface area (Å²) in [5, 5.41) is 0. The predicted molar refractivity (Wildman–Crippen MR) is 61.2 cm³/mol. The fourth-order valence-corrected chi connectivity index (χ4v) is 4.14. The summed E-state index contributed by atoms with van der Waals surface area (Å²) in [7, 11) is 0. The Balaban J connectivity index is 1.35. The topological polar surface area (TPSA) is 25.1 Å². The van der Waals surface area contributed by atoms with E-state index in [0.717, 1.165) is 17.8 Å². The molecule has 2 heterocycles. The molecule has 2 nitrogen and oxygen atoms in total. The van der Waals surface area contributed by atoms with Crippen molar-refractivity contribution >= 4 is 0 Å². The molecule has 0 aromatic carbocycles. The fourth-order valence-electron chi connectivity index (χ4n) is 4.14. The molecule has 2 aliphatic carbocycles. The lowest BCUT2D eigenvalue weighted by Crippen LogP contribution is -2.26. The van der Waals surface area contributed by atoms with Crippen LogP contribution in [-0.4, -0.2) is 24.4 Å². The lowest BCUT2D eigenvalue weighted by molar-refractivity contribution is 0.210. The maximum absolute atomic E-state index is 5.67. The van der Waals surface area contributed by atoms with Crippen molar-refractivity contribution in [3.8, 4) is 0 Å². The van der Waals surface area contributed by atoms with E-state index in [9.17, 15) is 0 Å². The van der Waals surface area contributed by atoms with Crippen LogP contribution in [0.3, 0.4) is 0 Å². The van der Waals surface area contributed by atoms with Crippen molar-refractivity contribution in [1.82, 2.24) is 0 Å². The highest BCUT2D eigenvalue weighted by Gasteiger charge is 2.49. The number of fused-ring (bicyclic) bond motifs is 2. The normalized spacial score (nSPS) is 58.7. The molecule has 0 spiro atoms. The Labute approximate surface area is 97.7 Å². The van der Waals surface area contributed by atoms with E-state index in [4.69, 9.17) is 9.47 Å². The molecule has 4 rings (SSSR count). The minimum absolute atomic E-state index is 0.647. The number of rotatable bonds is 2. The zero-order chi connectivity index (χ0) is 10.7. The van der Waals surface area contributed by atoms with Gasteiger partial charge < -0.3 is 9.47 Å². The van der Waals surface area contributed by atoms with Crippen molar-refractivity contribution in [3.63, 3.8) is 0 Å². The van der Waals surface area contributed by atoms with E-state index in [2.05, 4.69) is 6.92 Å². The molecule has 0 amide bonds. The third-order valence-corrected chi connectivity index (χ3v) is 5.38. The Hall–Kier alpha value is -0.0800. The van der Waals surface area contributed by atoms with E-state index in [0.29, 0.717) is 24.4 Å². The van der Waals surface area contributed by atoms with Gasteiger partial charge in [0.25, 0.3) is 0 Å². The van der Waals surface area contributed by atoms with Crippen LogP contribution in [0.5, 0.6) is 0 Å². The number of hydrogen-bond donors (Lipinski definition) is 0. The maximum atomic E-state index is 5.67. The van der Waals surface area contributed by atoms with Gasteiger partial charge in [-0.15, -0.1) is 0 Å². The SMILES string of the molecule is CC1CC2OC2CC1CC1CCC2OC2C1. The van der Waals surface area contributed by atoms with Gasteiger partial charge in [-0.05, 0) is 56.3 Å². The Morgan fingerprint density at radius 2 is 1.62 bits per heavy atom. The largest absolute Gasteiger partial charge is 0.370 e. The predicted octanol–water partition coefficient (Wildman–Crippen LogP) is 2.76. The van der Waals surface area contributed by atoms with Crippen LogP contribution in [0.4, 0.5) is 0 Å². The van der Waals surface area contributed by atoms with Crippen molar-refractivity contribution in [1.29, 1.82) is 0 Å². The van der Waals surface area contributed by atoms with Crippen molar-refractivity contribution < 1.29 is 9.47 Å². The minimum atomic E-state index is 0.647. The van der Waals surface area contributed by atoms with Gasteiger partial charge in [0, 0.05) is 0 Å². The maximum Gasteiger partial charge on any atom is 0.0844 e. The third kappa shape index (κ3) is 1.70.